The zero-order chi connectivity index (χ0) is 9.72. The molecule has 80 valence electrons. The van der Waals surface area contributed by atoms with Crippen LogP contribution in [0.4, 0.5) is 0 Å². The predicted octanol–water partition coefficient (Wildman–Crippen LogP) is -3.22. The van der Waals surface area contributed by atoms with Gasteiger partial charge in [-0.2, -0.15) is 0 Å². The minimum atomic E-state index is -1.79. The Morgan fingerprint density at radius 3 is 1.85 bits per heavy atom. The third-order valence-electron chi connectivity index (χ3n) is 1.42. The number of hydrogen-bond donors (Lipinski definition) is 6. The van der Waals surface area contributed by atoms with Gasteiger partial charge in [-0.1, -0.05) is 0 Å². The fraction of sp³-hybridized carbons (Fsp3) is 0.833. The zero-order valence-electron chi connectivity index (χ0n) is 6.95. The van der Waals surface area contributed by atoms with Crippen LogP contribution in [-0.4, -0.2) is 62.8 Å². The summed E-state index contributed by atoms with van der Waals surface area (Å²) in [5, 5.41) is 43.5. The quantitative estimate of drug-likeness (QED) is 0.253. The lowest BCUT2D eigenvalue weighted by Crippen LogP contribution is -2.46. The fourth-order valence-corrected chi connectivity index (χ4v) is 0.618. The van der Waals surface area contributed by atoms with Crippen LogP contribution in [0.25, 0.3) is 0 Å². The average molecular weight is 197 g/mol. The van der Waals surface area contributed by atoms with Gasteiger partial charge < -0.3 is 36.5 Å². The molecule has 0 aromatic rings. The molecule has 0 aromatic heterocycles. The molecule has 4 atom stereocenters. The Kier molecular flexibility index (Phi) is 7.92. The van der Waals surface area contributed by atoms with E-state index < -0.39 is 31.0 Å². The standard InChI is InChI=1S/C6H12O6.H3N/c7-1-3(9)5(11)6(12)4(10)2-8;/h1,3-6,8-12H,2H2;1H3/t3-,4-,5+,6+;/m1./s1. The van der Waals surface area contributed by atoms with Crippen LogP contribution < -0.4 is 6.15 Å². The third kappa shape index (κ3) is 4.27. The maximum absolute atomic E-state index is 9.90. The van der Waals surface area contributed by atoms with Gasteiger partial charge in [-0.25, -0.2) is 0 Å². The molecule has 0 saturated carbocycles. The van der Waals surface area contributed by atoms with Crippen LogP contribution >= 0.6 is 0 Å². The molecule has 0 fully saturated rings. The first-order valence-corrected chi connectivity index (χ1v) is 3.33. The first-order valence-electron chi connectivity index (χ1n) is 3.33. The fourth-order valence-electron chi connectivity index (χ4n) is 0.618. The monoisotopic (exact) mass is 197 g/mol. The molecular formula is C6H15NO6. The summed E-state index contributed by atoms with van der Waals surface area (Å²) in [6, 6.07) is 0. The number of carbonyl (C=O) groups is 1. The van der Waals surface area contributed by atoms with E-state index in [0.717, 1.165) is 0 Å². The van der Waals surface area contributed by atoms with Crippen LogP contribution in [0.2, 0.25) is 0 Å². The van der Waals surface area contributed by atoms with Crippen molar-refractivity contribution in [1.29, 1.82) is 0 Å². The van der Waals surface area contributed by atoms with Crippen molar-refractivity contribution in [2.24, 2.45) is 0 Å². The van der Waals surface area contributed by atoms with Crippen LogP contribution in [0.15, 0.2) is 0 Å². The second-order valence-electron chi connectivity index (χ2n) is 2.36. The molecule has 0 unspecified atom stereocenters. The van der Waals surface area contributed by atoms with Crippen LogP contribution in [0.5, 0.6) is 0 Å². The van der Waals surface area contributed by atoms with Crippen LogP contribution in [-0.2, 0) is 4.79 Å². The number of aliphatic hydroxyl groups is 5. The van der Waals surface area contributed by atoms with Crippen molar-refractivity contribution < 1.29 is 30.3 Å². The van der Waals surface area contributed by atoms with Crippen molar-refractivity contribution in [1.82, 2.24) is 6.15 Å². The number of aldehydes is 1. The Bertz CT molecular complexity index is 143. The van der Waals surface area contributed by atoms with E-state index in [2.05, 4.69) is 0 Å². The van der Waals surface area contributed by atoms with E-state index in [4.69, 9.17) is 25.5 Å². The van der Waals surface area contributed by atoms with E-state index in [-0.39, 0.29) is 12.4 Å². The maximum atomic E-state index is 9.90. The van der Waals surface area contributed by atoms with E-state index in [1.54, 1.807) is 0 Å². The first kappa shape index (κ1) is 14.9. The molecule has 0 spiro atoms. The molecular weight excluding hydrogens is 182 g/mol. The molecule has 0 heterocycles. The summed E-state index contributed by atoms with van der Waals surface area (Å²) in [7, 11) is 0. The Balaban J connectivity index is 0. The highest BCUT2D eigenvalue weighted by atomic mass is 16.4. The summed E-state index contributed by atoms with van der Waals surface area (Å²) in [6.45, 7) is -0.760. The molecule has 8 N–H and O–H groups in total. The van der Waals surface area contributed by atoms with Crippen LogP contribution in [0.3, 0.4) is 0 Å². The number of carbonyl (C=O) groups excluding carboxylic acids is 1. The topological polar surface area (TPSA) is 153 Å². The SMILES string of the molecule is N.O=C[C@@H](O)[C@H](O)[C@@H](O)[C@H](O)CO. The van der Waals surface area contributed by atoms with E-state index in [1.807, 2.05) is 0 Å². The highest BCUT2D eigenvalue weighted by Crippen LogP contribution is 2.02. The molecule has 0 aliphatic rings. The normalized spacial score (nSPS) is 19.5. The number of aliphatic hydroxyl groups excluding tert-OH is 5. The van der Waals surface area contributed by atoms with Gasteiger partial charge in [-0.3, -0.25) is 0 Å². The largest absolute Gasteiger partial charge is 0.394 e. The highest BCUT2D eigenvalue weighted by molar-refractivity contribution is 5.56. The van der Waals surface area contributed by atoms with Crippen molar-refractivity contribution >= 4 is 6.29 Å². The van der Waals surface area contributed by atoms with Crippen molar-refractivity contribution in [3.63, 3.8) is 0 Å². The summed E-state index contributed by atoms with van der Waals surface area (Å²) < 4.78 is 0. The smallest absolute Gasteiger partial charge is 0.151 e. The number of rotatable bonds is 5. The summed E-state index contributed by atoms with van der Waals surface area (Å²) in [6.07, 6.45) is -6.84. The third-order valence-corrected chi connectivity index (χ3v) is 1.42. The van der Waals surface area contributed by atoms with Gasteiger partial charge in [0.05, 0.1) is 6.61 Å². The second kappa shape index (κ2) is 6.89. The Morgan fingerprint density at radius 1 is 1.08 bits per heavy atom. The summed E-state index contributed by atoms with van der Waals surface area (Å²) >= 11 is 0. The average Bonchev–Trinajstić information content (AvgIpc) is 2.12. The second-order valence-corrected chi connectivity index (χ2v) is 2.36. The van der Waals surface area contributed by atoms with Gasteiger partial charge in [0, 0.05) is 0 Å². The van der Waals surface area contributed by atoms with Crippen LogP contribution in [0.1, 0.15) is 0 Å². The molecule has 0 aliphatic carbocycles. The van der Waals surface area contributed by atoms with Gasteiger partial charge in [-0.05, 0) is 0 Å². The van der Waals surface area contributed by atoms with Gasteiger partial charge >= 0.3 is 0 Å². The molecule has 0 rings (SSSR count). The Hall–Kier alpha value is -0.570. The molecule has 7 nitrogen and oxygen atoms in total. The molecule has 0 radical (unpaired) electrons. The van der Waals surface area contributed by atoms with Gasteiger partial charge in [-0.15, -0.1) is 0 Å². The van der Waals surface area contributed by atoms with E-state index in [1.165, 1.54) is 0 Å². The zero-order valence-corrected chi connectivity index (χ0v) is 6.95. The molecule has 0 saturated heterocycles. The lowest BCUT2D eigenvalue weighted by molar-refractivity contribution is -0.136. The first-order chi connectivity index (χ1) is 5.54. The molecule has 13 heavy (non-hydrogen) atoms. The lowest BCUT2D eigenvalue weighted by Gasteiger charge is -2.22. The van der Waals surface area contributed by atoms with Gasteiger partial charge in [0.15, 0.2) is 6.29 Å². The van der Waals surface area contributed by atoms with Gasteiger partial charge in [0.25, 0.3) is 0 Å². The molecule has 0 amide bonds. The van der Waals surface area contributed by atoms with Gasteiger partial charge in [0.1, 0.15) is 24.4 Å². The van der Waals surface area contributed by atoms with E-state index in [0.29, 0.717) is 0 Å². The van der Waals surface area contributed by atoms with Crippen molar-refractivity contribution in [2.75, 3.05) is 6.61 Å². The minimum absolute atomic E-state index is 0. The van der Waals surface area contributed by atoms with Crippen molar-refractivity contribution in [3.8, 4) is 0 Å². The van der Waals surface area contributed by atoms with Crippen molar-refractivity contribution in [3.05, 3.63) is 0 Å². The predicted molar refractivity (Wildman–Crippen MR) is 42.2 cm³/mol. The van der Waals surface area contributed by atoms with E-state index in [9.17, 15) is 4.79 Å². The van der Waals surface area contributed by atoms with Crippen LogP contribution in [0, 0.1) is 0 Å². The van der Waals surface area contributed by atoms with Gasteiger partial charge in [0.2, 0.25) is 0 Å². The summed E-state index contributed by atoms with van der Waals surface area (Å²) in [4.78, 5) is 9.90. The Morgan fingerprint density at radius 2 is 1.54 bits per heavy atom. The number of hydrogen-bond acceptors (Lipinski definition) is 7. The van der Waals surface area contributed by atoms with E-state index >= 15 is 0 Å². The van der Waals surface area contributed by atoms with Crippen molar-refractivity contribution in [2.45, 2.75) is 24.4 Å². The molecule has 0 aliphatic heterocycles. The summed E-state index contributed by atoms with van der Waals surface area (Å²) in [5.74, 6) is 0. The minimum Gasteiger partial charge on any atom is -0.394 e. The maximum Gasteiger partial charge on any atom is 0.151 e. The Labute approximate surface area is 74.8 Å². The summed E-state index contributed by atoms with van der Waals surface area (Å²) in [5.41, 5.74) is 0. The molecule has 0 aromatic carbocycles. The molecule has 7 heteroatoms. The highest BCUT2D eigenvalue weighted by Gasteiger charge is 2.29. The lowest BCUT2D eigenvalue weighted by atomic mass is 10.0. The molecule has 0 bridgehead atoms.